The first-order chi connectivity index (χ1) is 15.5. The lowest BCUT2D eigenvalue weighted by molar-refractivity contribution is 0.0505. The number of anilines is 2. The van der Waals surface area contributed by atoms with Crippen LogP contribution in [0, 0.1) is 0 Å². The maximum Gasteiger partial charge on any atom is 0.407 e. The summed E-state index contributed by atoms with van der Waals surface area (Å²) in [5.41, 5.74) is 6.78. The van der Waals surface area contributed by atoms with Gasteiger partial charge in [-0.25, -0.2) is 18.2 Å². The predicted octanol–water partition coefficient (Wildman–Crippen LogP) is 3.79. The van der Waals surface area contributed by atoms with Crippen LogP contribution in [0.2, 0.25) is 0 Å². The van der Waals surface area contributed by atoms with Crippen molar-refractivity contribution < 1.29 is 17.9 Å². The third kappa shape index (κ3) is 4.90. The third-order valence-electron chi connectivity index (χ3n) is 5.55. The number of aromatic amines is 1. The molecular formula is C23H29N5O4S. The normalized spacial score (nSPS) is 18.9. The molecule has 10 heteroatoms. The van der Waals surface area contributed by atoms with Crippen molar-refractivity contribution in [3.8, 4) is 0 Å². The van der Waals surface area contributed by atoms with E-state index >= 15 is 0 Å². The topological polar surface area (TPSA) is 130 Å². The molecule has 33 heavy (non-hydrogen) atoms. The SMILES string of the molecule is CC(C)(C)OC(=O)NC1CCC(N(c2ccnc3[nH]ccc23)S(=O)(=O)c2cccc(N)c2)C1. The Morgan fingerprint density at radius 1 is 1.24 bits per heavy atom. The van der Waals surface area contributed by atoms with Gasteiger partial charge in [0, 0.05) is 35.6 Å². The second kappa shape index (κ2) is 8.58. The first-order valence-corrected chi connectivity index (χ1v) is 12.3. The van der Waals surface area contributed by atoms with Gasteiger partial charge in [0.2, 0.25) is 0 Å². The van der Waals surface area contributed by atoms with E-state index in [0.29, 0.717) is 41.7 Å². The molecule has 1 saturated carbocycles. The lowest BCUT2D eigenvalue weighted by atomic mass is 10.2. The number of amides is 1. The number of nitrogens with zero attached hydrogens (tertiary/aromatic N) is 2. The molecule has 3 aromatic rings. The van der Waals surface area contributed by atoms with E-state index in [1.54, 1.807) is 57.4 Å². The fourth-order valence-electron chi connectivity index (χ4n) is 4.23. The van der Waals surface area contributed by atoms with Crippen LogP contribution in [0.15, 0.2) is 53.7 Å². The summed E-state index contributed by atoms with van der Waals surface area (Å²) in [7, 11) is -3.94. The summed E-state index contributed by atoms with van der Waals surface area (Å²) < 4.78 is 34.6. The Hall–Kier alpha value is -3.27. The molecule has 4 rings (SSSR count). The number of nitrogen functional groups attached to an aromatic ring is 1. The fourth-order valence-corrected chi connectivity index (χ4v) is 5.99. The minimum absolute atomic E-state index is 0.117. The van der Waals surface area contributed by atoms with Crippen LogP contribution in [-0.4, -0.2) is 42.2 Å². The zero-order chi connectivity index (χ0) is 23.8. The van der Waals surface area contributed by atoms with Gasteiger partial charge in [-0.05, 0) is 70.4 Å². The van der Waals surface area contributed by atoms with Gasteiger partial charge in [0.25, 0.3) is 10.0 Å². The summed E-state index contributed by atoms with van der Waals surface area (Å²) in [6.07, 6.45) is 4.48. The van der Waals surface area contributed by atoms with E-state index in [1.807, 2.05) is 6.07 Å². The highest BCUT2D eigenvalue weighted by Crippen LogP contribution is 2.37. The van der Waals surface area contributed by atoms with E-state index in [-0.39, 0.29) is 17.0 Å². The number of fused-ring (bicyclic) bond motifs is 1. The number of ether oxygens (including phenoxy) is 1. The van der Waals surface area contributed by atoms with Crippen molar-refractivity contribution in [2.24, 2.45) is 0 Å². The number of rotatable bonds is 5. The Labute approximate surface area is 193 Å². The van der Waals surface area contributed by atoms with Gasteiger partial charge in [0.15, 0.2) is 0 Å². The summed E-state index contributed by atoms with van der Waals surface area (Å²) in [4.78, 5) is 19.7. The number of carbonyl (C=O) groups excluding carboxylic acids is 1. The molecule has 0 aliphatic heterocycles. The van der Waals surface area contributed by atoms with Gasteiger partial charge >= 0.3 is 6.09 Å². The Morgan fingerprint density at radius 2 is 2.03 bits per heavy atom. The van der Waals surface area contributed by atoms with Crippen LogP contribution >= 0.6 is 0 Å². The highest BCUT2D eigenvalue weighted by Gasteiger charge is 2.38. The van der Waals surface area contributed by atoms with Crippen molar-refractivity contribution in [2.75, 3.05) is 10.0 Å². The Kier molecular flexibility index (Phi) is 5.96. The third-order valence-corrected chi connectivity index (χ3v) is 7.41. The Bertz CT molecular complexity index is 1270. The molecule has 4 N–H and O–H groups in total. The lowest BCUT2D eigenvalue weighted by Crippen LogP contribution is -2.42. The molecule has 2 aromatic heterocycles. The van der Waals surface area contributed by atoms with Crippen LogP contribution < -0.4 is 15.4 Å². The highest BCUT2D eigenvalue weighted by molar-refractivity contribution is 7.92. The molecule has 1 aliphatic rings. The summed E-state index contributed by atoms with van der Waals surface area (Å²) in [6, 6.07) is 9.22. The number of pyridine rings is 1. The van der Waals surface area contributed by atoms with Gasteiger partial charge in [-0.2, -0.15) is 0 Å². The molecular weight excluding hydrogens is 442 g/mol. The number of benzene rings is 1. The largest absolute Gasteiger partial charge is 0.444 e. The number of carbonyl (C=O) groups is 1. The molecule has 2 atom stereocenters. The highest BCUT2D eigenvalue weighted by atomic mass is 32.2. The van der Waals surface area contributed by atoms with Gasteiger partial charge in [-0.3, -0.25) is 4.31 Å². The van der Waals surface area contributed by atoms with Crippen molar-refractivity contribution in [1.29, 1.82) is 0 Å². The number of alkyl carbamates (subject to hydrolysis) is 1. The maximum atomic E-state index is 13.9. The molecule has 0 radical (unpaired) electrons. The molecule has 0 bridgehead atoms. The molecule has 1 amide bonds. The van der Waals surface area contributed by atoms with Crippen LogP contribution in [0.4, 0.5) is 16.2 Å². The van der Waals surface area contributed by atoms with Gasteiger partial charge in [0.1, 0.15) is 11.2 Å². The molecule has 0 saturated heterocycles. The van der Waals surface area contributed by atoms with Crippen molar-refractivity contribution in [3.05, 3.63) is 48.8 Å². The van der Waals surface area contributed by atoms with Crippen molar-refractivity contribution in [3.63, 3.8) is 0 Å². The number of aromatic nitrogens is 2. The number of sulfonamides is 1. The second-order valence-corrected chi connectivity index (χ2v) is 11.1. The number of nitrogens with two attached hydrogens (primary N) is 1. The monoisotopic (exact) mass is 471 g/mol. The summed E-state index contributed by atoms with van der Waals surface area (Å²) in [5, 5.41) is 3.59. The van der Waals surface area contributed by atoms with Gasteiger partial charge in [0.05, 0.1) is 10.6 Å². The van der Waals surface area contributed by atoms with Crippen molar-refractivity contribution in [2.45, 2.75) is 62.6 Å². The van der Waals surface area contributed by atoms with E-state index in [4.69, 9.17) is 10.5 Å². The molecule has 9 nitrogen and oxygen atoms in total. The number of H-pyrrole nitrogens is 1. The molecule has 1 aliphatic carbocycles. The van der Waals surface area contributed by atoms with Crippen LogP contribution in [0.5, 0.6) is 0 Å². The number of hydrogen-bond donors (Lipinski definition) is 3. The van der Waals surface area contributed by atoms with E-state index in [9.17, 15) is 13.2 Å². The smallest absolute Gasteiger partial charge is 0.407 e. The zero-order valence-corrected chi connectivity index (χ0v) is 19.7. The van der Waals surface area contributed by atoms with E-state index in [1.165, 1.54) is 10.4 Å². The Balaban J connectivity index is 1.69. The van der Waals surface area contributed by atoms with E-state index < -0.39 is 21.7 Å². The number of nitrogens with one attached hydrogen (secondary N) is 2. The maximum absolute atomic E-state index is 13.9. The van der Waals surface area contributed by atoms with Gasteiger partial charge in [-0.1, -0.05) is 6.07 Å². The van der Waals surface area contributed by atoms with Crippen LogP contribution in [0.3, 0.4) is 0 Å². The number of hydrogen-bond acceptors (Lipinski definition) is 6. The minimum atomic E-state index is -3.94. The molecule has 2 heterocycles. The summed E-state index contributed by atoms with van der Waals surface area (Å²) >= 11 is 0. The van der Waals surface area contributed by atoms with Gasteiger partial charge < -0.3 is 20.8 Å². The molecule has 176 valence electrons. The van der Waals surface area contributed by atoms with Gasteiger partial charge in [-0.15, -0.1) is 0 Å². The average Bonchev–Trinajstić information content (AvgIpc) is 3.36. The van der Waals surface area contributed by atoms with E-state index in [2.05, 4.69) is 15.3 Å². The molecule has 2 unspecified atom stereocenters. The summed E-state index contributed by atoms with van der Waals surface area (Å²) in [5.74, 6) is 0. The zero-order valence-electron chi connectivity index (χ0n) is 18.9. The van der Waals surface area contributed by atoms with Crippen LogP contribution in [0.25, 0.3) is 11.0 Å². The van der Waals surface area contributed by atoms with Crippen LogP contribution in [0.1, 0.15) is 40.0 Å². The second-order valence-electron chi connectivity index (χ2n) is 9.25. The summed E-state index contributed by atoms with van der Waals surface area (Å²) in [6.45, 7) is 5.40. The average molecular weight is 472 g/mol. The first kappa shape index (κ1) is 22.9. The first-order valence-electron chi connectivity index (χ1n) is 10.9. The van der Waals surface area contributed by atoms with Crippen LogP contribution in [-0.2, 0) is 14.8 Å². The van der Waals surface area contributed by atoms with E-state index in [0.717, 1.165) is 0 Å². The minimum Gasteiger partial charge on any atom is -0.444 e. The lowest BCUT2D eigenvalue weighted by Gasteiger charge is -2.31. The molecule has 1 aromatic carbocycles. The predicted molar refractivity (Wildman–Crippen MR) is 127 cm³/mol. The molecule has 0 spiro atoms. The fraction of sp³-hybridized carbons (Fsp3) is 0.391. The van der Waals surface area contributed by atoms with Crippen molar-refractivity contribution >= 4 is 38.5 Å². The molecule has 1 fully saturated rings. The van der Waals surface area contributed by atoms with Crippen molar-refractivity contribution in [1.82, 2.24) is 15.3 Å². The standard InChI is InChI=1S/C23H29N5O4S/c1-23(2,3)32-22(29)27-16-7-8-17(14-16)28(20-10-12-26-21-19(20)9-11-25-21)33(30,31)18-6-4-5-15(24)13-18/h4-6,9-13,16-17H,7-8,14,24H2,1-3H3,(H,25,26)(H,27,29). The Morgan fingerprint density at radius 3 is 2.76 bits per heavy atom. The quantitative estimate of drug-likeness (QED) is 0.485.